The highest BCUT2D eigenvalue weighted by molar-refractivity contribution is 7.89. The summed E-state index contributed by atoms with van der Waals surface area (Å²) < 4.78 is 22.5. The lowest BCUT2D eigenvalue weighted by atomic mass is 10.2. The third-order valence-corrected chi connectivity index (χ3v) is 6.23. The van der Waals surface area contributed by atoms with Crippen LogP contribution in [0, 0.1) is 0 Å². The smallest absolute Gasteiger partial charge is 0.238 e. The molecule has 2 aromatic rings. The van der Waals surface area contributed by atoms with Crippen molar-refractivity contribution in [3.8, 4) is 0 Å². The van der Waals surface area contributed by atoms with Gasteiger partial charge in [-0.1, -0.05) is 6.07 Å². The summed E-state index contributed by atoms with van der Waals surface area (Å²) in [7, 11) is -3.72. The van der Waals surface area contributed by atoms with Crippen LogP contribution in [0.3, 0.4) is 0 Å². The molecule has 0 bridgehead atoms. The molecule has 0 radical (unpaired) electrons. The minimum atomic E-state index is -3.72. The van der Waals surface area contributed by atoms with Crippen molar-refractivity contribution in [2.24, 2.45) is 5.14 Å². The Morgan fingerprint density at radius 3 is 2.68 bits per heavy atom. The van der Waals surface area contributed by atoms with Gasteiger partial charge in [0, 0.05) is 29.6 Å². The Morgan fingerprint density at radius 1 is 1.28 bits per heavy atom. The van der Waals surface area contributed by atoms with Crippen LogP contribution in [0.5, 0.6) is 0 Å². The molecular weight excluding hydrogens is 358 g/mol. The number of nitrogens with zero attached hydrogens (tertiary/aromatic N) is 1. The van der Waals surface area contributed by atoms with Gasteiger partial charge in [0.15, 0.2) is 0 Å². The molecule has 1 fully saturated rings. The number of hydrogen-bond acceptors (Lipinski definition) is 5. The summed E-state index contributed by atoms with van der Waals surface area (Å²) in [6.45, 7) is 1.72. The van der Waals surface area contributed by atoms with Gasteiger partial charge in [0.2, 0.25) is 15.9 Å². The molecule has 0 unspecified atom stereocenters. The predicted octanol–water partition coefficient (Wildman–Crippen LogP) is 2.56. The number of hydrogen-bond donors (Lipinski definition) is 2. The van der Waals surface area contributed by atoms with E-state index in [2.05, 4.69) is 27.7 Å². The highest BCUT2D eigenvalue weighted by Gasteiger charge is 2.26. The van der Waals surface area contributed by atoms with E-state index in [1.54, 1.807) is 23.5 Å². The van der Waals surface area contributed by atoms with Gasteiger partial charge in [-0.3, -0.25) is 9.69 Å². The largest absolute Gasteiger partial charge is 0.326 e. The second-order valence-electron chi connectivity index (χ2n) is 6.08. The molecule has 1 aliphatic rings. The van der Waals surface area contributed by atoms with Gasteiger partial charge in [0.1, 0.15) is 0 Å². The Hall–Kier alpha value is -1.74. The molecule has 1 aromatic heterocycles. The summed E-state index contributed by atoms with van der Waals surface area (Å²) in [5.74, 6) is -0.0832. The van der Waals surface area contributed by atoms with Crippen molar-refractivity contribution < 1.29 is 13.2 Å². The molecule has 134 valence electrons. The molecule has 1 atom stereocenters. The quantitative estimate of drug-likeness (QED) is 0.807. The van der Waals surface area contributed by atoms with E-state index >= 15 is 0 Å². The number of sulfonamides is 1. The van der Waals surface area contributed by atoms with Gasteiger partial charge in [0.25, 0.3) is 0 Å². The molecule has 2 heterocycles. The first-order valence-electron chi connectivity index (χ1n) is 8.13. The lowest BCUT2D eigenvalue weighted by molar-refractivity contribution is -0.116. The Kier molecular flexibility index (Phi) is 5.53. The summed E-state index contributed by atoms with van der Waals surface area (Å²) in [4.78, 5) is 15.9. The maximum atomic E-state index is 12.2. The topological polar surface area (TPSA) is 92.5 Å². The van der Waals surface area contributed by atoms with Crippen LogP contribution in [-0.2, 0) is 14.8 Å². The van der Waals surface area contributed by atoms with Crippen LogP contribution in [0.2, 0.25) is 0 Å². The number of nitrogens with one attached hydrogen (secondary N) is 1. The van der Waals surface area contributed by atoms with Crippen LogP contribution in [0.4, 0.5) is 5.69 Å². The number of carbonyl (C=O) groups is 1. The molecule has 1 aromatic carbocycles. The van der Waals surface area contributed by atoms with Gasteiger partial charge < -0.3 is 5.32 Å². The molecule has 6 nitrogen and oxygen atoms in total. The van der Waals surface area contributed by atoms with E-state index in [4.69, 9.17) is 5.14 Å². The SMILES string of the molecule is NS(=O)(=O)c1ccc(NC(=O)CCN2CCC[C@@H]2c2cccs2)cc1. The standard InChI is InChI=1S/C17H21N3O3S2/c18-25(22,23)14-7-5-13(6-8-14)19-17(21)9-11-20-10-1-3-15(20)16-4-2-12-24-16/h2,4-8,12,15H,1,3,9-11H2,(H,19,21)(H2,18,22,23)/t15-/m1/s1. The maximum absolute atomic E-state index is 12.2. The fourth-order valence-corrected chi connectivity index (χ4v) is 4.50. The van der Waals surface area contributed by atoms with Gasteiger partial charge in [-0.25, -0.2) is 13.6 Å². The number of thiophene rings is 1. The Bertz CT molecular complexity index is 817. The molecule has 1 amide bonds. The van der Waals surface area contributed by atoms with E-state index < -0.39 is 10.0 Å². The highest BCUT2D eigenvalue weighted by atomic mass is 32.2. The average Bonchev–Trinajstić information content (AvgIpc) is 3.23. The van der Waals surface area contributed by atoms with E-state index in [9.17, 15) is 13.2 Å². The van der Waals surface area contributed by atoms with E-state index in [-0.39, 0.29) is 10.8 Å². The third-order valence-electron chi connectivity index (χ3n) is 4.33. The molecule has 25 heavy (non-hydrogen) atoms. The predicted molar refractivity (Wildman–Crippen MR) is 98.9 cm³/mol. The van der Waals surface area contributed by atoms with Crippen molar-refractivity contribution in [2.75, 3.05) is 18.4 Å². The van der Waals surface area contributed by atoms with E-state index in [1.165, 1.54) is 17.0 Å². The van der Waals surface area contributed by atoms with Crippen molar-refractivity contribution in [3.05, 3.63) is 46.7 Å². The molecule has 8 heteroatoms. The summed E-state index contributed by atoms with van der Waals surface area (Å²) in [6.07, 6.45) is 2.69. The third kappa shape index (κ3) is 4.66. The first-order valence-corrected chi connectivity index (χ1v) is 10.6. The van der Waals surface area contributed by atoms with Gasteiger partial charge in [0.05, 0.1) is 4.90 Å². The summed E-state index contributed by atoms with van der Waals surface area (Å²) in [6, 6.07) is 10.5. The molecular formula is C17H21N3O3S2. The Balaban J connectivity index is 1.53. The maximum Gasteiger partial charge on any atom is 0.238 e. The van der Waals surface area contributed by atoms with Crippen LogP contribution < -0.4 is 10.5 Å². The van der Waals surface area contributed by atoms with E-state index in [1.807, 2.05) is 0 Å². The first-order chi connectivity index (χ1) is 11.9. The number of anilines is 1. The number of nitrogens with two attached hydrogens (primary N) is 1. The minimum absolute atomic E-state index is 0.0290. The van der Waals surface area contributed by atoms with Crippen molar-refractivity contribution in [1.29, 1.82) is 0 Å². The number of likely N-dealkylation sites (tertiary alicyclic amines) is 1. The van der Waals surface area contributed by atoms with Crippen LogP contribution in [0.1, 0.15) is 30.2 Å². The highest BCUT2D eigenvalue weighted by Crippen LogP contribution is 2.34. The zero-order chi connectivity index (χ0) is 17.9. The van der Waals surface area contributed by atoms with E-state index in [0.717, 1.165) is 19.4 Å². The molecule has 0 spiro atoms. The fraction of sp³-hybridized carbons (Fsp3) is 0.353. The van der Waals surface area contributed by atoms with Crippen molar-refractivity contribution >= 4 is 33.0 Å². The number of benzene rings is 1. The second-order valence-corrected chi connectivity index (χ2v) is 8.62. The van der Waals surface area contributed by atoms with Crippen LogP contribution in [0.15, 0.2) is 46.7 Å². The number of carbonyl (C=O) groups excluding carboxylic acids is 1. The number of primary sulfonamides is 1. The normalized spacial score (nSPS) is 18.4. The summed E-state index contributed by atoms with van der Waals surface area (Å²) in [5.41, 5.74) is 0.564. The Morgan fingerprint density at radius 2 is 2.04 bits per heavy atom. The second kappa shape index (κ2) is 7.65. The Labute approximate surface area is 151 Å². The van der Waals surface area contributed by atoms with Gasteiger partial charge >= 0.3 is 0 Å². The fourth-order valence-electron chi connectivity index (χ4n) is 3.09. The summed E-state index contributed by atoms with van der Waals surface area (Å²) in [5, 5.41) is 9.94. The van der Waals surface area contributed by atoms with Gasteiger partial charge in [-0.2, -0.15) is 0 Å². The molecule has 0 aliphatic carbocycles. The minimum Gasteiger partial charge on any atom is -0.326 e. The number of rotatable bonds is 6. The zero-order valence-corrected chi connectivity index (χ0v) is 15.4. The van der Waals surface area contributed by atoms with Crippen molar-refractivity contribution in [1.82, 2.24) is 4.90 Å². The zero-order valence-electron chi connectivity index (χ0n) is 13.7. The van der Waals surface area contributed by atoms with Crippen LogP contribution in [0.25, 0.3) is 0 Å². The average molecular weight is 380 g/mol. The molecule has 1 saturated heterocycles. The van der Waals surface area contributed by atoms with Gasteiger partial charge in [-0.15, -0.1) is 11.3 Å². The van der Waals surface area contributed by atoms with Crippen molar-refractivity contribution in [2.45, 2.75) is 30.2 Å². The molecule has 1 aliphatic heterocycles. The lowest BCUT2D eigenvalue weighted by Gasteiger charge is -2.23. The monoisotopic (exact) mass is 379 g/mol. The molecule has 0 saturated carbocycles. The summed E-state index contributed by atoms with van der Waals surface area (Å²) >= 11 is 1.76. The van der Waals surface area contributed by atoms with Crippen molar-refractivity contribution in [3.63, 3.8) is 0 Å². The molecule has 3 rings (SSSR count). The first kappa shape index (κ1) is 18.1. The molecule has 3 N–H and O–H groups in total. The van der Waals surface area contributed by atoms with Gasteiger partial charge in [-0.05, 0) is 55.1 Å². The lowest BCUT2D eigenvalue weighted by Crippen LogP contribution is -2.27. The number of amides is 1. The van der Waals surface area contributed by atoms with Crippen LogP contribution in [-0.4, -0.2) is 32.3 Å². The van der Waals surface area contributed by atoms with Crippen LogP contribution >= 0.6 is 11.3 Å². The van der Waals surface area contributed by atoms with E-state index in [0.29, 0.717) is 24.7 Å².